The SMILES string of the molecule is CCO.CCO.CCO.CCO.CCO.CCO.CCO.CCO.[Ac].[Ac].[Zn]. The molecule has 0 aliphatic carbocycles. The van der Waals surface area contributed by atoms with Gasteiger partial charge < -0.3 is 40.9 Å². The van der Waals surface area contributed by atoms with Crippen LogP contribution in [0.1, 0.15) is 55.4 Å². The second-order valence-electron chi connectivity index (χ2n) is 2.53. The zero-order valence-corrected chi connectivity index (χ0v) is 31.6. The van der Waals surface area contributed by atoms with Gasteiger partial charge in [0.05, 0.1) is 0 Å². The molecule has 0 unspecified atom stereocenters. The molecule has 168 valence electrons. The van der Waals surface area contributed by atoms with Crippen LogP contribution < -0.4 is 0 Å². The van der Waals surface area contributed by atoms with Gasteiger partial charge in [-0.05, 0) is 55.4 Å². The quantitative estimate of drug-likeness (QED) is 0.158. The van der Waals surface area contributed by atoms with Crippen molar-refractivity contribution >= 4 is 0 Å². The molecule has 0 fully saturated rings. The molecule has 0 rings (SSSR count). The predicted octanol–water partition coefficient (Wildman–Crippen LogP) is -0.0137. The standard InChI is InChI=1S/8C2H6O.2Ac.Zn/c8*1-2-3;;;/h8*3H,2H2,1H3;;;. The van der Waals surface area contributed by atoms with E-state index < -0.39 is 0 Å². The van der Waals surface area contributed by atoms with Gasteiger partial charge in [0.1, 0.15) is 0 Å². The van der Waals surface area contributed by atoms with Crippen molar-refractivity contribution in [1.29, 1.82) is 0 Å². The summed E-state index contributed by atoms with van der Waals surface area (Å²) in [6.45, 7) is 15.4. The maximum atomic E-state index is 7.57. The van der Waals surface area contributed by atoms with E-state index in [2.05, 4.69) is 0 Å². The first kappa shape index (κ1) is 69.9. The van der Waals surface area contributed by atoms with Crippen LogP contribution in [0.4, 0.5) is 0 Å². The number of hydrogen-bond acceptors (Lipinski definition) is 8. The van der Waals surface area contributed by atoms with E-state index in [0.29, 0.717) is 0 Å². The molecule has 8 N–H and O–H groups in total. The summed E-state index contributed by atoms with van der Waals surface area (Å²) < 4.78 is 0. The van der Waals surface area contributed by atoms with Gasteiger partial charge in [0, 0.05) is 160 Å². The van der Waals surface area contributed by atoms with E-state index in [1.165, 1.54) is 0 Å². The van der Waals surface area contributed by atoms with Crippen molar-refractivity contribution in [3.05, 3.63) is 0 Å². The van der Waals surface area contributed by atoms with Crippen LogP contribution in [0.3, 0.4) is 0 Å². The van der Waals surface area contributed by atoms with E-state index >= 15 is 0 Å². The first-order valence-electron chi connectivity index (χ1n) is 8.19. The summed E-state index contributed by atoms with van der Waals surface area (Å²) in [5.74, 6) is 0. The second kappa shape index (κ2) is 185. The molecule has 0 bridgehead atoms. The van der Waals surface area contributed by atoms with Crippen molar-refractivity contribution in [2.75, 3.05) is 52.9 Å². The average molecular weight is 888 g/mol. The van der Waals surface area contributed by atoms with Crippen molar-refractivity contribution < 1.29 is 148 Å². The van der Waals surface area contributed by atoms with Crippen LogP contribution in [0.25, 0.3) is 0 Å². The maximum Gasteiger partial charge on any atom is 0.0402 e. The Bertz CT molecular complexity index is 62.4. The Hall–Kier alpha value is 3.19. The number of hydrogen-bond donors (Lipinski definition) is 8. The zero-order chi connectivity index (χ0) is 21.7. The Morgan fingerprint density at radius 3 is 0.296 bits per heavy atom. The summed E-state index contributed by atoms with van der Waals surface area (Å²) in [6, 6.07) is 0. The van der Waals surface area contributed by atoms with Gasteiger partial charge in [-0.15, -0.1) is 0 Å². The van der Waals surface area contributed by atoms with E-state index in [1.807, 2.05) is 0 Å². The van der Waals surface area contributed by atoms with Crippen LogP contribution in [-0.4, -0.2) is 93.7 Å². The summed E-state index contributed by atoms with van der Waals surface area (Å²) in [4.78, 5) is 0. The topological polar surface area (TPSA) is 162 Å². The minimum atomic E-state index is 0. The van der Waals surface area contributed by atoms with Gasteiger partial charge in [-0.25, -0.2) is 0 Å². The number of aliphatic hydroxyl groups is 8. The summed E-state index contributed by atoms with van der Waals surface area (Å²) in [5, 5.41) is 60.6. The Kier molecular flexibility index (Phi) is 479. The monoisotopic (exact) mass is 886 g/mol. The number of aliphatic hydroxyl groups excluding tert-OH is 8. The molecule has 8 nitrogen and oxygen atoms in total. The van der Waals surface area contributed by atoms with Crippen molar-refractivity contribution in [3.8, 4) is 0 Å². The van der Waals surface area contributed by atoms with Crippen LogP contribution in [0.15, 0.2) is 0 Å². The fourth-order valence-corrected chi connectivity index (χ4v) is 0. The smallest absolute Gasteiger partial charge is 0.0402 e. The van der Waals surface area contributed by atoms with Gasteiger partial charge in [0.25, 0.3) is 0 Å². The molecule has 0 aliphatic heterocycles. The predicted molar refractivity (Wildman–Crippen MR) is 102 cm³/mol. The fraction of sp³-hybridized carbons (Fsp3) is 1.00. The van der Waals surface area contributed by atoms with E-state index in [1.54, 1.807) is 55.4 Å². The molecule has 0 aromatic rings. The van der Waals surface area contributed by atoms with Crippen molar-refractivity contribution in [2.24, 2.45) is 0 Å². The van der Waals surface area contributed by atoms with Crippen LogP contribution in [-0.2, 0) is 19.5 Å². The first-order valence-corrected chi connectivity index (χ1v) is 8.19. The molecule has 11 heteroatoms. The molecule has 0 aromatic heterocycles. The third-order valence-electron chi connectivity index (χ3n) is 0. The Morgan fingerprint density at radius 1 is 0.296 bits per heavy atom. The summed E-state index contributed by atoms with van der Waals surface area (Å²) in [6.07, 6.45) is 0. The van der Waals surface area contributed by atoms with Crippen LogP contribution in [0, 0.1) is 88.1 Å². The Morgan fingerprint density at radius 2 is 0.296 bits per heavy atom. The van der Waals surface area contributed by atoms with Gasteiger partial charge in [-0.1, -0.05) is 0 Å². The van der Waals surface area contributed by atoms with E-state index in [4.69, 9.17) is 40.9 Å². The first-order chi connectivity index (χ1) is 11.3. The molecule has 0 spiro atoms. The molecule has 27 heavy (non-hydrogen) atoms. The minimum absolute atomic E-state index is 0. The van der Waals surface area contributed by atoms with Gasteiger partial charge >= 0.3 is 0 Å². The zero-order valence-electron chi connectivity index (χ0n) is 19.1. The molecule has 0 atom stereocenters. The van der Waals surface area contributed by atoms with Crippen LogP contribution >= 0.6 is 0 Å². The molecule has 2 radical (unpaired) electrons. The van der Waals surface area contributed by atoms with Crippen molar-refractivity contribution in [3.63, 3.8) is 0 Å². The minimum Gasteiger partial charge on any atom is -0.397 e. The third kappa shape index (κ3) is 2120. The molecular weight excluding hydrogens is 840 g/mol. The van der Waals surface area contributed by atoms with E-state index in [-0.39, 0.29) is 160 Å². The Labute approximate surface area is 253 Å². The molecule has 0 amide bonds. The molecule has 0 aliphatic rings. The third-order valence-corrected chi connectivity index (χ3v) is 0. The molecular formula is C16H48Ac2O8Zn. The summed E-state index contributed by atoms with van der Waals surface area (Å²) in [7, 11) is 0. The summed E-state index contributed by atoms with van der Waals surface area (Å²) >= 11 is 0. The van der Waals surface area contributed by atoms with Crippen molar-refractivity contribution in [1.82, 2.24) is 0 Å². The normalized spacial score (nSPS) is 5.33. The van der Waals surface area contributed by atoms with E-state index in [0.717, 1.165) is 0 Å². The van der Waals surface area contributed by atoms with Gasteiger partial charge in [0.2, 0.25) is 0 Å². The average Bonchev–Trinajstić information content (AvgIpc) is 2.45. The molecule has 0 heterocycles. The molecule has 0 saturated carbocycles. The molecule has 0 saturated heterocycles. The Balaban J connectivity index is -0.0000000119. The number of rotatable bonds is 0. The van der Waals surface area contributed by atoms with Gasteiger partial charge in [-0.3, -0.25) is 0 Å². The van der Waals surface area contributed by atoms with Crippen molar-refractivity contribution in [2.45, 2.75) is 55.4 Å². The fourth-order valence-electron chi connectivity index (χ4n) is 0. The summed E-state index contributed by atoms with van der Waals surface area (Å²) in [5.41, 5.74) is 0. The maximum absolute atomic E-state index is 7.57. The van der Waals surface area contributed by atoms with E-state index in [9.17, 15) is 0 Å². The van der Waals surface area contributed by atoms with Gasteiger partial charge in [0.15, 0.2) is 0 Å². The van der Waals surface area contributed by atoms with Gasteiger partial charge in [-0.2, -0.15) is 0 Å². The largest absolute Gasteiger partial charge is 0.397 e. The van der Waals surface area contributed by atoms with Crippen LogP contribution in [0.5, 0.6) is 0 Å². The molecule has 0 aromatic carbocycles. The van der Waals surface area contributed by atoms with Crippen LogP contribution in [0.2, 0.25) is 0 Å². The second-order valence-corrected chi connectivity index (χ2v) is 2.53.